The van der Waals surface area contributed by atoms with Crippen molar-refractivity contribution in [2.45, 2.75) is 12.8 Å². The highest BCUT2D eigenvalue weighted by atomic mass is 16.5. The number of nitrogens with zero attached hydrogens (tertiary/aromatic N) is 3. The summed E-state index contributed by atoms with van der Waals surface area (Å²) in [4.78, 5) is 23.3. The Kier molecular flexibility index (Phi) is 4.52. The van der Waals surface area contributed by atoms with Gasteiger partial charge in [-0.1, -0.05) is 18.2 Å². The summed E-state index contributed by atoms with van der Waals surface area (Å²) in [6.07, 6.45) is 5.47. The molecule has 4 rings (SSSR count). The Bertz CT molecular complexity index is 936. The fourth-order valence-corrected chi connectivity index (χ4v) is 3.71. The molecular formula is C21H21N3O2. The number of hydrogen-bond acceptors (Lipinski definition) is 4. The highest BCUT2D eigenvalue weighted by Crippen LogP contribution is 2.27. The monoisotopic (exact) mass is 347 g/mol. The van der Waals surface area contributed by atoms with Crippen molar-refractivity contribution in [3.8, 4) is 5.88 Å². The van der Waals surface area contributed by atoms with Gasteiger partial charge in [-0.25, -0.2) is 4.98 Å². The van der Waals surface area contributed by atoms with Crippen molar-refractivity contribution in [3.63, 3.8) is 0 Å². The summed E-state index contributed by atoms with van der Waals surface area (Å²) >= 11 is 0. The van der Waals surface area contributed by atoms with E-state index in [9.17, 15) is 4.79 Å². The maximum atomic E-state index is 12.8. The first-order chi connectivity index (χ1) is 12.8. The molecule has 1 fully saturated rings. The van der Waals surface area contributed by atoms with Crippen molar-refractivity contribution >= 4 is 16.8 Å². The van der Waals surface area contributed by atoms with E-state index in [0.717, 1.165) is 31.4 Å². The minimum atomic E-state index is -0.00274. The van der Waals surface area contributed by atoms with E-state index in [0.29, 0.717) is 17.4 Å². The Morgan fingerprint density at radius 2 is 2.04 bits per heavy atom. The molecule has 1 aromatic carbocycles. The van der Waals surface area contributed by atoms with Gasteiger partial charge >= 0.3 is 0 Å². The summed E-state index contributed by atoms with van der Waals surface area (Å²) < 4.78 is 5.23. The van der Waals surface area contributed by atoms with Crippen LogP contribution in [-0.2, 0) is 6.42 Å². The van der Waals surface area contributed by atoms with Crippen LogP contribution in [0.1, 0.15) is 22.3 Å². The fraction of sp³-hybridized carbons (Fsp3) is 0.286. The molecule has 5 nitrogen and oxygen atoms in total. The quantitative estimate of drug-likeness (QED) is 0.726. The highest BCUT2D eigenvalue weighted by molar-refractivity contribution is 5.96. The molecule has 5 heteroatoms. The minimum Gasteiger partial charge on any atom is -0.480 e. The standard InChI is InChI=1S/C21H21N3O2/c1-26-20-18(6-4-10-23-20)21(25)24-12-9-15(14-24)13-16-8-11-22-19-7-3-2-5-17(16)19/h2-8,10-11,15H,9,12-14H2,1H3/t15-/m1/s1. The molecule has 3 aromatic rings. The zero-order chi connectivity index (χ0) is 17.9. The van der Waals surface area contributed by atoms with Gasteiger partial charge in [0.1, 0.15) is 5.56 Å². The normalized spacial score (nSPS) is 16.8. The SMILES string of the molecule is COc1ncccc1C(=O)N1CC[C@H](Cc2ccnc3ccccc23)C1. The number of amides is 1. The zero-order valence-corrected chi connectivity index (χ0v) is 14.8. The predicted octanol–water partition coefficient (Wildman–Crippen LogP) is 3.34. The van der Waals surface area contributed by atoms with Crippen LogP contribution in [0, 0.1) is 5.92 Å². The number of methoxy groups -OCH3 is 1. The predicted molar refractivity (Wildman–Crippen MR) is 100 cm³/mol. The van der Waals surface area contributed by atoms with Gasteiger partial charge in [-0.2, -0.15) is 0 Å². The molecule has 2 aromatic heterocycles. The second-order valence-corrected chi connectivity index (χ2v) is 6.66. The van der Waals surface area contributed by atoms with Crippen LogP contribution < -0.4 is 4.74 Å². The van der Waals surface area contributed by atoms with E-state index in [1.54, 1.807) is 25.4 Å². The van der Waals surface area contributed by atoms with Gasteiger partial charge in [-0.3, -0.25) is 9.78 Å². The van der Waals surface area contributed by atoms with E-state index in [2.05, 4.69) is 22.1 Å². The lowest BCUT2D eigenvalue weighted by atomic mass is 9.96. The second kappa shape index (κ2) is 7.12. The number of likely N-dealkylation sites (tertiary alicyclic amines) is 1. The number of para-hydroxylation sites is 1. The molecule has 1 aliphatic rings. The van der Waals surface area contributed by atoms with Crippen LogP contribution in [0.4, 0.5) is 0 Å². The molecule has 26 heavy (non-hydrogen) atoms. The average Bonchev–Trinajstić information content (AvgIpc) is 3.16. The van der Waals surface area contributed by atoms with Gasteiger partial charge < -0.3 is 9.64 Å². The summed E-state index contributed by atoms with van der Waals surface area (Å²) in [6.45, 7) is 1.53. The number of carbonyl (C=O) groups excluding carboxylic acids is 1. The van der Waals surface area contributed by atoms with E-state index in [1.165, 1.54) is 10.9 Å². The molecule has 0 N–H and O–H groups in total. The van der Waals surface area contributed by atoms with Crippen LogP contribution >= 0.6 is 0 Å². The number of aromatic nitrogens is 2. The Morgan fingerprint density at radius 1 is 1.15 bits per heavy atom. The number of rotatable bonds is 4. The molecular weight excluding hydrogens is 326 g/mol. The third-order valence-electron chi connectivity index (χ3n) is 5.02. The fourth-order valence-electron chi connectivity index (χ4n) is 3.71. The van der Waals surface area contributed by atoms with Crippen molar-refractivity contribution in [2.75, 3.05) is 20.2 Å². The van der Waals surface area contributed by atoms with Gasteiger partial charge in [0.15, 0.2) is 0 Å². The van der Waals surface area contributed by atoms with Gasteiger partial charge in [0.05, 0.1) is 12.6 Å². The van der Waals surface area contributed by atoms with Gasteiger partial charge in [0.2, 0.25) is 5.88 Å². The van der Waals surface area contributed by atoms with Crippen molar-refractivity contribution in [2.24, 2.45) is 5.92 Å². The van der Waals surface area contributed by atoms with Gasteiger partial charge in [-0.15, -0.1) is 0 Å². The van der Waals surface area contributed by atoms with Crippen LogP contribution in [0.25, 0.3) is 10.9 Å². The average molecular weight is 347 g/mol. The summed E-state index contributed by atoms with van der Waals surface area (Å²) in [5.41, 5.74) is 2.86. The van der Waals surface area contributed by atoms with Crippen molar-refractivity contribution in [1.82, 2.24) is 14.9 Å². The molecule has 1 amide bonds. The zero-order valence-electron chi connectivity index (χ0n) is 14.8. The molecule has 3 heterocycles. The lowest BCUT2D eigenvalue weighted by Gasteiger charge is -2.18. The largest absolute Gasteiger partial charge is 0.480 e. The number of carbonyl (C=O) groups is 1. The number of ether oxygens (including phenoxy) is 1. The molecule has 1 aliphatic heterocycles. The molecule has 0 aliphatic carbocycles. The van der Waals surface area contributed by atoms with Crippen molar-refractivity contribution in [3.05, 3.63) is 66.0 Å². The van der Waals surface area contributed by atoms with Gasteiger partial charge in [0, 0.05) is 30.9 Å². The van der Waals surface area contributed by atoms with Crippen LogP contribution in [0.15, 0.2) is 54.9 Å². The lowest BCUT2D eigenvalue weighted by molar-refractivity contribution is 0.0783. The van der Waals surface area contributed by atoms with Crippen LogP contribution in [0.2, 0.25) is 0 Å². The van der Waals surface area contributed by atoms with E-state index in [4.69, 9.17) is 4.74 Å². The van der Waals surface area contributed by atoms with Gasteiger partial charge in [0.25, 0.3) is 5.91 Å². The van der Waals surface area contributed by atoms with Crippen molar-refractivity contribution in [1.29, 1.82) is 0 Å². The van der Waals surface area contributed by atoms with Crippen LogP contribution in [0.5, 0.6) is 5.88 Å². The summed E-state index contributed by atoms with van der Waals surface area (Å²) in [7, 11) is 1.54. The maximum absolute atomic E-state index is 12.8. The molecule has 132 valence electrons. The van der Waals surface area contributed by atoms with E-state index < -0.39 is 0 Å². The van der Waals surface area contributed by atoms with Crippen LogP contribution in [-0.4, -0.2) is 41.0 Å². The first-order valence-corrected chi connectivity index (χ1v) is 8.87. The summed E-state index contributed by atoms with van der Waals surface area (Å²) in [5, 5.41) is 1.20. The third-order valence-corrected chi connectivity index (χ3v) is 5.02. The summed E-state index contributed by atoms with van der Waals surface area (Å²) in [5.74, 6) is 0.838. The van der Waals surface area contributed by atoms with Crippen molar-refractivity contribution < 1.29 is 9.53 Å². The first kappa shape index (κ1) is 16.5. The Labute approximate surface area is 152 Å². The highest BCUT2D eigenvalue weighted by Gasteiger charge is 2.29. The second-order valence-electron chi connectivity index (χ2n) is 6.66. The smallest absolute Gasteiger partial charge is 0.259 e. The number of pyridine rings is 2. The molecule has 0 saturated carbocycles. The first-order valence-electron chi connectivity index (χ1n) is 8.87. The number of benzene rings is 1. The Balaban J connectivity index is 1.49. The van der Waals surface area contributed by atoms with E-state index in [1.807, 2.05) is 29.3 Å². The molecule has 1 atom stereocenters. The maximum Gasteiger partial charge on any atom is 0.259 e. The van der Waals surface area contributed by atoms with Gasteiger partial charge in [-0.05, 0) is 48.6 Å². The molecule has 0 spiro atoms. The molecule has 1 saturated heterocycles. The Morgan fingerprint density at radius 3 is 2.92 bits per heavy atom. The lowest BCUT2D eigenvalue weighted by Crippen LogP contribution is -2.29. The third kappa shape index (κ3) is 3.12. The molecule has 0 bridgehead atoms. The molecule has 0 radical (unpaired) electrons. The molecule has 0 unspecified atom stereocenters. The number of fused-ring (bicyclic) bond motifs is 1. The number of hydrogen-bond donors (Lipinski definition) is 0. The van der Waals surface area contributed by atoms with Crippen LogP contribution in [0.3, 0.4) is 0 Å². The topological polar surface area (TPSA) is 55.3 Å². The Hall–Kier alpha value is -2.95. The van der Waals surface area contributed by atoms with E-state index in [-0.39, 0.29) is 5.91 Å². The van der Waals surface area contributed by atoms with E-state index >= 15 is 0 Å². The minimum absolute atomic E-state index is 0.00274. The summed E-state index contributed by atoms with van der Waals surface area (Å²) in [6, 6.07) is 13.9.